The number of anilines is 1. The number of carbonyl (C=O) groups is 1. The third kappa shape index (κ3) is 4.12. The van der Waals surface area contributed by atoms with Crippen molar-refractivity contribution in [2.45, 2.75) is 19.8 Å². The molecule has 3 nitrogen and oxygen atoms in total. The van der Waals surface area contributed by atoms with Gasteiger partial charge < -0.3 is 10.1 Å². The fourth-order valence-corrected chi connectivity index (χ4v) is 1.94. The summed E-state index contributed by atoms with van der Waals surface area (Å²) < 4.78 is 5.13. The number of rotatable bonds is 5. The van der Waals surface area contributed by atoms with Crippen LogP contribution in [0.2, 0.25) is 0 Å². The molecule has 3 heteroatoms. The molecule has 0 heterocycles. The lowest BCUT2D eigenvalue weighted by molar-refractivity contribution is -0.116. The van der Waals surface area contributed by atoms with Crippen LogP contribution in [0.1, 0.15) is 17.5 Å². The predicted octanol–water partition coefficient (Wildman–Crippen LogP) is 3.57. The van der Waals surface area contributed by atoms with Gasteiger partial charge in [0.2, 0.25) is 5.91 Å². The quantitative estimate of drug-likeness (QED) is 0.901. The minimum Gasteiger partial charge on any atom is -0.497 e. The van der Waals surface area contributed by atoms with E-state index in [0.29, 0.717) is 6.42 Å². The summed E-state index contributed by atoms with van der Waals surface area (Å²) in [5, 5.41) is 2.88. The van der Waals surface area contributed by atoms with Crippen molar-refractivity contribution in [3.05, 3.63) is 59.7 Å². The second-order valence-corrected chi connectivity index (χ2v) is 4.77. The number of benzene rings is 2. The molecule has 0 spiro atoms. The highest BCUT2D eigenvalue weighted by atomic mass is 16.5. The highest BCUT2D eigenvalue weighted by molar-refractivity contribution is 5.91. The van der Waals surface area contributed by atoms with Gasteiger partial charge in [0.25, 0.3) is 0 Å². The Hall–Kier alpha value is -2.29. The molecule has 0 aliphatic carbocycles. The van der Waals surface area contributed by atoms with E-state index in [1.54, 1.807) is 7.11 Å². The van der Waals surface area contributed by atoms with Crippen LogP contribution < -0.4 is 10.1 Å². The van der Waals surface area contributed by atoms with Crippen LogP contribution in [0.15, 0.2) is 48.5 Å². The maximum Gasteiger partial charge on any atom is 0.224 e. The summed E-state index contributed by atoms with van der Waals surface area (Å²) in [7, 11) is 1.61. The van der Waals surface area contributed by atoms with Gasteiger partial charge in [-0.25, -0.2) is 0 Å². The Labute approximate surface area is 119 Å². The van der Waals surface area contributed by atoms with Crippen molar-refractivity contribution in [2.75, 3.05) is 12.4 Å². The van der Waals surface area contributed by atoms with E-state index in [4.69, 9.17) is 4.74 Å². The van der Waals surface area contributed by atoms with E-state index in [2.05, 4.69) is 36.5 Å². The van der Waals surface area contributed by atoms with Crippen molar-refractivity contribution >= 4 is 11.6 Å². The average molecular weight is 269 g/mol. The molecule has 0 aromatic heterocycles. The zero-order valence-corrected chi connectivity index (χ0v) is 11.8. The van der Waals surface area contributed by atoms with E-state index in [1.165, 1.54) is 11.1 Å². The fraction of sp³-hybridized carbons (Fsp3) is 0.235. The summed E-state index contributed by atoms with van der Waals surface area (Å²) in [6, 6.07) is 15.6. The molecule has 2 aromatic carbocycles. The number of hydrogen-bond donors (Lipinski definition) is 1. The maximum atomic E-state index is 11.9. The van der Waals surface area contributed by atoms with E-state index in [0.717, 1.165) is 17.9 Å². The van der Waals surface area contributed by atoms with Crippen LogP contribution in [-0.4, -0.2) is 13.0 Å². The van der Waals surface area contributed by atoms with Gasteiger partial charge in [0.05, 0.1) is 7.11 Å². The fourth-order valence-electron chi connectivity index (χ4n) is 1.94. The van der Waals surface area contributed by atoms with Gasteiger partial charge in [-0.2, -0.15) is 0 Å². The van der Waals surface area contributed by atoms with Crippen molar-refractivity contribution in [3.63, 3.8) is 0 Å². The van der Waals surface area contributed by atoms with Crippen LogP contribution in [0.4, 0.5) is 5.69 Å². The van der Waals surface area contributed by atoms with Gasteiger partial charge in [0, 0.05) is 18.2 Å². The molecule has 2 aromatic rings. The predicted molar refractivity (Wildman–Crippen MR) is 81.1 cm³/mol. The Bertz CT molecular complexity index is 576. The van der Waals surface area contributed by atoms with Crippen molar-refractivity contribution in [1.29, 1.82) is 0 Å². The molecular formula is C17H19NO2. The molecule has 0 radical (unpaired) electrons. The second kappa shape index (κ2) is 6.75. The van der Waals surface area contributed by atoms with Crippen LogP contribution >= 0.6 is 0 Å². The van der Waals surface area contributed by atoms with Crippen LogP contribution in [0.5, 0.6) is 5.75 Å². The van der Waals surface area contributed by atoms with Crippen molar-refractivity contribution in [3.8, 4) is 5.75 Å². The van der Waals surface area contributed by atoms with E-state index < -0.39 is 0 Å². The number of methoxy groups -OCH3 is 1. The summed E-state index contributed by atoms with van der Waals surface area (Å²) in [5.74, 6) is 0.750. The summed E-state index contributed by atoms with van der Waals surface area (Å²) in [4.78, 5) is 11.9. The van der Waals surface area contributed by atoms with Gasteiger partial charge in [-0.15, -0.1) is 0 Å². The Morgan fingerprint density at radius 1 is 1.15 bits per heavy atom. The lowest BCUT2D eigenvalue weighted by Crippen LogP contribution is -2.12. The van der Waals surface area contributed by atoms with Crippen molar-refractivity contribution in [2.24, 2.45) is 0 Å². The molecule has 2 rings (SSSR count). The molecular weight excluding hydrogens is 250 g/mol. The van der Waals surface area contributed by atoms with Gasteiger partial charge >= 0.3 is 0 Å². The molecule has 0 atom stereocenters. The summed E-state index contributed by atoms with van der Waals surface area (Å²) in [6.07, 6.45) is 1.22. The molecule has 104 valence electrons. The largest absolute Gasteiger partial charge is 0.497 e. The monoisotopic (exact) mass is 269 g/mol. The maximum absolute atomic E-state index is 11.9. The molecule has 0 unspecified atom stereocenters. The Balaban J connectivity index is 1.87. The number of carbonyl (C=O) groups excluding carboxylic acids is 1. The van der Waals surface area contributed by atoms with Gasteiger partial charge in [-0.1, -0.05) is 35.9 Å². The number of amides is 1. The van der Waals surface area contributed by atoms with Crippen LogP contribution in [0.3, 0.4) is 0 Å². The molecule has 0 saturated heterocycles. The smallest absolute Gasteiger partial charge is 0.224 e. The molecule has 0 saturated carbocycles. The molecule has 1 N–H and O–H groups in total. The first-order valence-corrected chi connectivity index (χ1v) is 6.67. The summed E-state index contributed by atoms with van der Waals surface area (Å²) in [5.41, 5.74) is 3.17. The van der Waals surface area contributed by atoms with Crippen molar-refractivity contribution < 1.29 is 9.53 Å². The number of aryl methyl sites for hydroxylation is 2. The van der Waals surface area contributed by atoms with E-state index in [1.807, 2.05) is 24.3 Å². The highest BCUT2D eigenvalue weighted by Gasteiger charge is 2.04. The van der Waals surface area contributed by atoms with Gasteiger partial charge in [-0.05, 0) is 31.0 Å². The zero-order valence-electron chi connectivity index (χ0n) is 11.8. The lowest BCUT2D eigenvalue weighted by Gasteiger charge is -2.07. The average Bonchev–Trinajstić information content (AvgIpc) is 2.47. The molecule has 0 bridgehead atoms. The standard InChI is InChI=1S/C17H19NO2/c1-13-6-8-14(9-7-13)10-11-17(19)18-15-4-3-5-16(12-15)20-2/h3-9,12H,10-11H2,1-2H3,(H,18,19). The summed E-state index contributed by atoms with van der Waals surface area (Å²) in [6.45, 7) is 2.05. The molecule has 0 aliphatic heterocycles. The van der Waals surface area contributed by atoms with Crippen LogP contribution in [-0.2, 0) is 11.2 Å². The third-order valence-electron chi connectivity index (χ3n) is 3.11. The summed E-state index contributed by atoms with van der Waals surface area (Å²) >= 11 is 0. The van der Waals surface area contributed by atoms with E-state index in [9.17, 15) is 4.79 Å². The second-order valence-electron chi connectivity index (χ2n) is 4.77. The molecule has 1 amide bonds. The topological polar surface area (TPSA) is 38.3 Å². The minimum absolute atomic E-state index is 0.0128. The Morgan fingerprint density at radius 2 is 1.90 bits per heavy atom. The van der Waals surface area contributed by atoms with Gasteiger partial charge in [0.1, 0.15) is 5.75 Å². The molecule has 20 heavy (non-hydrogen) atoms. The van der Waals surface area contributed by atoms with Crippen molar-refractivity contribution in [1.82, 2.24) is 0 Å². The van der Waals surface area contributed by atoms with E-state index in [-0.39, 0.29) is 5.91 Å². The first-order valence-electron chi connectivity index (χ1n) is 6.67. The van der Waals surface area contributed by atoms with Crippen LogP contribution in [0.25, 0.3) is 0 Å². The zero-order chi connectivity index (χ0) is 14.4. The molecule has 0 aliphatic rings. The van der Waals surface area contributed by atoms with Crippen LogP contribution in [0, 0.1) is 6.92 Å². The third-order valence-corrected chi connectivity index (χ3v) is 3.11. The molecule has 0 fully saturated rings. The van der Waals surface area contributed by atoms with Gasteiger partial charge in [-0.3, -0.25) is 4.79 Å². The number of hydrogen-bond acceptors (Lipinski definition) is 2. The lowest BCUT2D eigenvalue weighted by atomic mass is 10.1. The number of ether oxygens (including phenoxy) is 1. The highest BCUT2D eigenvalue weighted by Crippen LogP contribution is 2.17. The minimum atomic E-state index is 0.0128. The first kappa shape index (κ1) is 14.1. The first-order chi connectivity index (χ1) is 9.67. The Morgan fingerprint density at radius 3 is 2.60 bits per heavy atom. The Kier molecular flexibility index (Phi) is 4.77. The van der Waals surface area contributed by atoms with Gasteiger partial charge in [0.15, 0.2) is 0 Å². The van der Waals surface area contributed by atoms with E-state index >= 15 is 0 Å². The number of nitrogens with one attached hydrogen (secondary N) is 1. The SMILES string of the molecule is COc1cccc(NC(=O)CCc2ccc(C)cc2)c1. The normalized spacial score (nSPS) is 10.1.